The van der Waals surface area contributed by atoms with Crippen LogP contribution >= 0.6 is 11.6 Å². The van der Waals surface area contributed by atoms with Gasteiger partial charge in [-0.3, -0.25) is 9.52 Å². The molecule has 3 aromatic carbocycles. The highest BCUT2D eigenvalue weighted by molar-refractivity contribution is 7.92. The van der Waals surface area contributed by atoms with E-state index in [1.807, 2.05) is 6.92 Å². The molecular formula is C21H19ClN2O4S. The van der Waals surface area contributed by atoms with Gasteiger partial charge in [0.1, 0.15) is 5.75 Å². The van der Waals surface area contributed by atoms with Crippen molar-refractivity contribution < 1.29 is 17.9 Å². The number of amides is 1. The highest BCUT2D eigenvalue weighted by Gasteiger charge is 2.15. The second-order valence-electron chi connectivity index (χ2n) is 6.29. The maximum Gasteiger partial charge on any atom is 0.261 e. The van der Waals surface area contributed by atoms with Crippen LogP contribution in [0.25, 0.3) is 0 Å². The number of rotatable bonds is 6. The number of sulfonamides is 1. The van der Waals surface area contributed by atoms with Crippen LogP contribution in [0.3, 0.4) is 0 Å². The van der Waals surface area contributed by atoms with Crippen molar-refractivity contribution in [1.29, 1.82) is 0 Å². The second kappa shape index (κ2) is 8.55. The van der Waals surface area contributed by atoms with Gasteiger partial charge in [-0.1, -0.05) is 29.3 Å². The third kappa shape index (κ3) is 5.07. The van der Waals surface area contributed by atoms with E-state index < -0.39 is 15.9 Å². The van der Waals surface area contributed by atoms with Gasteiger partial charge in [0.05, 0.1) is 17.6 Å². The Labute approximate surface area is 174 Å². The first-order valence-electron chi connectivity index (χ1n) is 8.63. The Kier molecular flexibility index (Phi) is 6.10. The van der Waals surface area contributed by atoms with Crippen LogP contribution in [0.5, 0.6) is 5.75 Å². The number of carbonyl (C=O) groups is 1. The largest absolute Gasteiger partial charge is 0.496 e. The number of hydrogen-bond donors (Lipinski definition) is 2. The average molecular weight is 431 g/mol. The molecule has 0 bridgehead atoms. The van der Waals surface area contributed by atoms with Crippen LogP contribution in [0.1, 0.15) is 15.9 Å². The van der Waals surface area contributed by atoms with E-state index in [1.54, 1.807) is 60.7 Å². The Morgan fingerprint density at radius 3 is 2.17 bits per heavy atom. The topological polar surface area (TPSA) is 84.5 Å². The zero-order chi connectivity index (χ0) is 21.0. The lowest BCUT2D eigenvalue weighted by Gasteiger charge is -2.11. The third-order valence-electron chi connectivity index (χ3n) is 4.13. The molecule has 0 fully saturated rings. The van der Waals surface area contributed by atoms with Crippen molar-refractivity contribution in [2.45, 2.75) is 11.8 Å². The van der Waals surface area contributed by atoms with Crippen molar-refractivity contribution >= 4 is 38.9 Å². The lowest BCUT2D eigenvalue weighted by molar-refractivity contribution is 0.102. The molecule has 0 atom stereocenters. The Hall–Kier alpha value is -3.03. The minimum atomic E-state index is -3.69. The zero-order valence-corrected chi connectivity index (χ0v) is 17.3. The molecule has 0 aliphatic rings. The van der Waals surface area contributed by atoms with E-state index in [0.717, 1.165) is 5.56 Å². The predicted octanol–water partition coefficient (Wildman–Crippen LogP) is 4.71. The molecule has 2 N–H and O–H groups in total. The first kappa shape index (κ1) is 20.7. The molecule has 3 rings (SSSR count). The van der Waals surface area contributed by atoms with Crippen LogP contribution in [-0.4, -0.2) is 21.4 Å². The van der Waals surface area contributed by atoms with Crippen LogP contribution in [0.2, 0.25) is 5.02 Å². The Balaban J connectivity index is 1.73. The van der Waals surface area contributed by atoms with Crippen molar-refractivity contribution in [3.05, 3.63) is 82.9 Å². The molecule has 1 amide bonds. The first-order valence-corrected chi connectivity index (χ1v) is 10.5. The Morgan fingerprint density at radius 2 is 1.55 bits per heavy atom. The number of halogens is 1. The molecule has 0 heterocycles. The van der Waals surface area contributed by atoms with Gasteiger partial charge in [-0.15, -0.1) is 0 Å². The number of methoxy groups -OCH3 is 1. The van der Waals surface area contributed by atoms with Crippen molar-refractivity contribution in [2.75, 3.05) is 17.1 Å². The SMILES string of the molecule is COc1ccc(Cl)cc1C(=O)Nc1ccc(NS(=O)(=O)c2ccc(C)cc2)cc1. The van der Waals surface area contributed by atoms with Crippen molar-refractivity contribution in [1.82, 2.24) is 0 Å². The number of carbonyl (C=O) groups excluding carboxylic acids is 1. The number of aryl methyl sites for hydroxylation is 1. The maximum atomic E-state index is 12.5. The summed E-state index contributed by atoms with van der Waals surface area (Å²) in [5, 5.41) is 3.15. The molecule has 0 saturated heterocycles. The number of ether oxygens (including phenoxy) is 1. The van der Waals surface area contributed by atoms with E-state index >= 15 is 0 Å². The van der Waals surface area contributed by atoms with Gasteiger partial charge in [0.15, 0.2) is 0 Å². The van der Waals surface area contributed by atoms with Crippen molar-refractivity contribution in [3.63, 3.8) is 0 Å². The molecule has 0 aliphatic heterocycles. The van der Waals surface area contributed by atoms with Gasteiger partial charge in [0.25, 0.3) is 15.9 Å². The van der Waals surface area contributed by atoms with E-state index in [9.17, 15) is 13.2 Å². The molecule has 0 saturated carbocycles. The van der Waals surface area contributed by atoms with Crippen molar-refractivity contribution in [3.8, 4) is 5.75 Å². The van der Waals surface area contributed by atoms with Crippen LogP contribution in [0.4, 0.5) is 11.4 Å². The van der Waals surface area contributed by atoms with Crippen LogP contribution in [0.15, 0.2) is 71.6 Å². The summed E-state index contributed by atoms with van der Waals surface area (Å²) in [6, 6.07) is 17.6. The monoisotopic (exact) mass is 430 g/mol. The molecule has 29 heavy (non-hydrogen) atoms. The summed E-state index contributed by atoms with van der Waals surface area (Å²) in [6.45, 7) is 1.88. The van der Waals surface area contributed by atoms with Gasteiger partial charge in [-0.25, -0.2) is 8.42 Å². The Bertz CT molecular complexity index is 1130. The quantitative estimate of drug-likeness (QED) is 0.593. The molecule has 150 valence electrons. The molecule has 3 aromatic rings. The highest BCUT2D eigenvalue weighted by Crippen LogP contribution is 2.24. The lowest BCUT2D eigenvalue weighted by atomic mass is 10.2. The fourth-order valence-corrected chi connectivity index (χ4v) is 3.84. The average Bonchev–Trinajstić information content (AvgIpc) is 2.69. The predicted molar refractivity (Wildman–Crippen MR) is 114 cm³/mol. The van der Waals surface area contributed by atoms with Gasteiger partial charge in [-0.05, 0) is 61.5 Å². The van der Waals surface area contributed by atoms with Crippen LogP contribution < -0.4 is 14.8 Å². The fraction of sp³-hybridized carbons (Fsp3) is 0.0952. The van der Waals surface area contributed by atoms with Gasteiger partial charge in [0, 0.05) is 16.4 Å². The normalized spacial score (nSPS) is 11.0. The summed E-state index contributed by atoms with van der Waals surface area (Å²) in [4.78, 5) is 12.7. The van der Waals surface area contributed by atoms with E-state index in [1.165, 1.54) is 13.2 Å². The minimum absolute atomic E-state index is 0.175. The summed E-state index contributed by atoms with van der Waals surface area (Å²) in [7, 11) is -2.22. The van der Waals surface area contributed by atoms with E-state index in [-0.39, 0.29) is 4.90 Å². The minimum Gasteiger partial charge on any atom is -0.496 e. The summed E-state index contributed by atoms with van der Waals surface area (Å²) >= 11 is 5.96. The van der Waals surface area contributed by atoms with Gasteiger partial charge < -0.3 is 10.1 Å². The second-order valence-corrected chi connectivity index (χ2v) is 8.41. The Morgan fingerprint density at radius 1 is 0.931 bits per heavy atom. The van der Waals surface area contributed by atoms with Gasteiger partial charge >= 0.3 is 0 Å². The number of benzene rings is 3. The van der Waals surface area contributed by atoms with Crippen LogP contribution in [-0.2, 0) is 10.0 Å². The zero-order valence-electron chi connectivity index (χ0n) is 15.8. The molecule has 0 aliphatic carbocycles. The molecule has 8 heteroatoms. The number of anilines is 2. The van der Waals surface area contributed by atoms with Gasteiger partial charge in [0.2, 0.25) is 0 Å². The first-order chi connectivity index (χ1) is 13.8. The summed E-state index contributed by atoms with van der Waals surface area (Å²) in [6.07, 6.45) is 0. The lowest BCUT2D eigenvalue weighted by Crippen LogP contribution is -2.14. The third-order valence-corrected chi connectivity index (χ3v) is 5.76. The molecule has 0 aromatic heterocycles. The molecule has 0 radical (unpaired) electrons. The maximum absolute atomic E-state index is 12.5. The van der Waals surface area contributed by atoms with E-state index in [2.05, 4.69) is 10.0 Å². The molecular weight excluding hydrogens is 412 g/mol. The van der Waals surface area contributed by atoms with Crippen LogP contribution in [0, 0.1) is 6.92 Å². The summed E-state index contributed by atoms with van der Waals surface area (Å²) in [5.41, 5.74) is 2.14. The van der Waals surface area contributed by atoms with E-state index in [0.29, 0.717) is 27.7 Å². The van der Waals surface area contributed by atoms with E-state index in [4.69, 9.17) is 16.3 Å². The molecule has 0 spiro atoms. The molecule has 6 nitrogen and oxygen atoms in total. The standard InChI is InChI=1S/C21H19ClN2O4S/c1-14-3-10-18(11-4-14)29(26,27)24-17-8-6-16(7-9-17)23-21(25)19-13-15(22)5-12-20(19)28-2/h3-13,24H,1-2H3,(H,23,25). The smallest absolute Gasteiger partial charge is 0.261 e. The number of nitrogens with one attached hydrogen (secondary N) is 2. The fourth-order valence-electron chi connectivity index (χ4n) is 2.61. The summed E-state index contributed by atoms with van der Waals surface area (Å²) < 4.78 is 32.6. The van der Waals surface area contributed by atoms with Gasteiger partial charge in [-0.2, -0.15) is 0 Å². The highest BCUT2D eigenvalue weighted by atomic mass is 35.5. The number of hydrogen-bond acceptors (Lipinski definition) is 4. The van der Waals surface area contributed by atoms with Crippen molar-refractivity contribution in [2.24, 2.45) is 0 Å². The molecule has 0 unspecified atom stereocenters. The summed E-state index contributed by atoms with van der Waals surface area (Å²) in [5.74, 6) is 0.00622.